The molecule has 0 bridgehead atoms. The van der Waals surface area contributed by atoms with E-state index in [1.807, 2.05) is 48.5 Å². The summed E-state index contributed by atoms with van der Waals surface area (Å²) >= 11 is 0. The number of pyridine rings is 8. The van der Waals surface area contributed by atoms with Crippen LogP contribution >= 0.6 is 0 Å². The van der Waals surface area contributed by atoms with Crippen LogP contribution in [0.5, 0.6) is 0 Å². The summed E-state index contributed by atoms with van der Waals surface area (Å²) < 4.78 is 0. The number of carboxylic acid groups (broad SMARTS) is 2. The first-order valence-corrected chi connectivity index (χ1v) is 24.1. The Balaban J connectivity index is 0.000000522. The number of benzene rings is 6. The van der Waals surface area contributed by atoms with Gasteiger partial charge in [0.1, 0.15) is 0 Å². The molecule has 0 aliphatic carbocycles. The standard InChI is InChI=1S/C14H10O4.4C12H8N2.2Cu.2N3.5H2O/c15-13(16)11-5-1-9(2-6-11)10-3-7-12(8-4-10)14(17)18;4*1-3-9-5-6-10-4-2-8-14-12(10)11(9)13-7-1;;;2*1-3-2;;;;;/h1-8H,(H,15,16)(H,17,18);4*1-8H;;;;;5*1H2/q;;;;;2*+2;2*-1;;;;;/p-2. The van der Waals surface area contributed by atoms with Crippen LogP contribution in [0.1, 0.15) is 20.7 Å². The normalized spacial score (nSPS) is 9.24. The Kier molecular flexibility index (Phi) is 31.7. The molecule has 0 spiro atoms. The molecule has 0 fully saturated rings. The van der Waals surface area contributed by atoms with E-state index in [0.717, 1.165) is 98.4 Å². The van der Waals surface area contributed by atoms with Gasteiger partial charge in [0.05, 0.1) is 56.1 Å². The first-order chi connectivity index (χ1) is 39.2. The molecule has 6 aromatic carbocycles. The first kappa shape index (κ1) is 74.0. The zero-order chi connectivity index (χ0) is 56.1. The summed E-state index contributed by atoms with van der Waals surface area (Å²) in [5, 5.41) is 30.3. The third kappa shape index (κ3) is 19.0. The van der Waals surface area contributed by atoms with E-state index in [0.29, 0.717) is 0 Å². The molecule has 8 heterocycles. The van der Waals surface area contributed by atoms with E-state index < -0.39 is 11.9 Å². The van der Waals surface area contributed by atoms with Crippen LogP contribution in [0.15, 0.2) is 244 Å². The van der Waals surface area contributed by atoms with Gasteiger partial charge in [-0.15, -0.1) is 0 Å². The molecule has 0 aliphatic rings. The van der Waals surface area contributed by atoms with Gasteiger partial charge in [-0.2, -0.15) is 0 Å². The molecule has 14 aromatic rings. The fourth-order valence-corrected chi connectivity index (χ4v) is 8.32. The van der Waals surface area contributed by atoms with Crippen LogP contribution in [0.2, 0.25) is 0 Å². The van der Waals surface area contributed by atoms with Crippen LogP contribution in [0, 0.1) is 0 Å². The van der Waals surface area contributed by atoms with E-state index in [1.54, 1.807) is 73.8 Å². The van der Waals surface area contributed by atoms with Crippen molar-refractivity contribution >= 4 is 99.2 Å². The molecular weight excluding hydrogens is 1210 g/mol. The Morgan fingerprint density at radius 1 is 0.264 bits per heavy atom. The number of aromatic nitrogens is 8. The van der Waals surface area contributed by atoms with Crippen LogP contribution in [-0.4, -0.2) is 79.2 Å². The van der Waals surface area contributed by atoms with Gasteiger partial charge in [-0.3, -0.25) is 49.7 Å². The van der Waals surface area contributed by atoms with Crippen molar-refractivity contribution in [2.24, 2.45) is 0 Å². The van der Waals surface area contributed by atoms with Crippen molar-refractivity contribution < 1.29 is 81.3 Å². The van der Waals surface area contributed by atoms with Crippen molar-refractivity contribution in [1.82, 2.24) is 39.9 Å². The number of carboxylic acids is 2. The van der Waals surface area contributed by atoms with Crippen molar-refractivity contribution in [3.63, 3.8) is 0 Å². The van der Waals surface area contributed by atoms with Crippen molar-refractivity contribution in [1.29, 1.82) is 0 Å². The quantitative estimate of drug-likeness (QED) is 0.0526. The average molecular weight is 1260 g/mol. The van der Waals surface area contributed by atoms with Gasteiger partial charge in [-0.05, 0) is 70.8 Å². The summed E-state index contributed by atoms with van der Waals surface area (Å²) in [5.41, 5.74) is 36.6. The number of rotatable bonds is 3. The Hall–Kier alpha value is -11.0. The van der Waals surface area contributed by atoms with Gasteiger partial charge in [0.15, 0.2) is 0 Å². The molecule has 0 saturated heterocycles. The second-order valence-corrected chi connectivity index (χ2v) is 16.8. The van der Waals surface area contributed by atoms with Crippen LogP contribution < -0.4 is 10.2 Å². The molecule has 2 radical (unpaired) electrons. The number of fused-ring (bicyclic) bond motifs is 12. The summed E-state index contributed by atoms with van der Waals surface area (Å²) in [4.78, 5) is 58.9. The summed E-state index contributed by atoms with van der Waals surface area (Å²) in [5.74, 6) is -2.46. The Morgan fingerprint density at radius 2 is 0.402 bits per heavy atom. The minimum Gasteiger partial charge on any atom is -0.545 e. The number of hydrogen-bond acceptors (Lipinski definition) is 12. The van der Waals surface area contributed by atoms with Crippen molar-refractivity contribution in [3.05, 3.63) is 287 Å². The minimum atomic E-state index is -1.23. The monoisotopic (exact) mass is 1260 g/mol. The molecule has 14 rings (SSSR count). The smallest absolute Gasteiger partial charge is 0.545 e. The molecule has 25 heteroatoms. The van der Waals surface area contributed by atoms with Crippen LogP contribution in [-0.2, 0) is 34.1 Å². The zero-order valence-corrected chi connectivity index (χ0v) is 47.0. The van der Waals surface area contributed by atoms with Crippen molar-refractivity contribution in [3.8, 4) is 11.1 Å². The van der Waals surface area contributed by atoms with E-state index in [4.69, 9.17) is 22.1 Å². The SMILES string of the molecule is O.O.O.O.O.O=C([O-])c1ccc(-c2ccc(C(=O)[O-])cc2)cc1.[Cu+2].[Cu+2].[N-]=[N+]=[N-].[N-]=[N+]=[N-].c1cnc2c(c1)ccc1cccnc12.c1cnc2c(c1)ccc1cccnc12.c1cnc2c(c1)ccc1cccnc12.c1cnc2c(c1)ccc1cccnc12. The van der Waals surface area contributed by atoms with E-state index in [9.17, 15) is 19.8 Å². The van der Waals surface area contributed by atoms with Crippen LogP contribution in [0.25, 0.3) is 130 Å². The summed E-state index contributed by atoms with van der Waals surface area (Å²) in [6.45, 7) is 0. The number of carbonyl (C=O) groups excluding carboxylic acids is 2. The number of aromatic carboxylic acids is 2. The van der Waals surface area contributed by atoms with Gasteiger partial charge in [0, 0.05) is 92.7 Å². The predicted molar refractivity (Wildman–Crippen MR) is 327 cm³/mol. The molecule has 0 amide bonds. The molecule has 8 aromatic heterocycles. The molecule has 444 valence electrons. The fourth-order valence-electron chi connectivity index (χ4n) is 8.32. The van der Waals surface area contributed by atoms with Gasteiger partial charge in [-0.1, -0.05) is 146 Å². The molecule has 0 atom stereocenters. The van der Waals surface area contributed by atoms with Gasteiger partial charge in [0.25, 0.3) is 0 Å². The Morgan fingerprint density at radius 3 is 0.529 bits per heavy atom. The van der Waals surface area contributed by atoms with Crippen molar-refractivity contribution in [2.75, 3.05) is 0 Å². The molecule has 10 N–H and O–H groups in total. The van der Waals surface area contributed by atoms with E-state index in [2.05, 4.69) is 137 Å². The molecule has 87 heavy (non-hydrogen) atoms. The molecule has 0 saturated carbocycles. The molecule has 0 aliphatic heterocycles. The Bertz CT molecular complexity index is 3820. The van der Waals surface area contributed by atoms with E-state index >= 15 is 0 Å². The summed E-state index contributed by atoms with van der Waals surface area (Å²) in [6.07, 6.45) is 14.4. The number of hydrogen-bond donors (Lipinski definition) is 0. The predicted octanol–water partition coefficient (Wildman–Crippen LogP) is 8.82. The maximum absolute atomic E-state index is 10.6. The van der Waals surface area contributed by atoms with Crippen LogP contribution in [0.3, 0.4) is 0 Å². The van der Waals surface area contributed by atoms with Gasteiger partial charge in [-0.25, -0.2) is 0 Å². The average Bonchev–Trinajstić information content (AvgIpc) is 3.41. The summed E-state index contributed by atoms with van der Waals surface area (Å²) in [6, 6.07) is 60.9. The zero-order valence-electron chi connectivity index (χ0n) is 45.1. The fraction of sp³-hybridized carbons (Fsp3) is 0. The minimum absolute atomic E-state index is 0. The first-order valence-electron chi connectivity index (χ1n) is 24.1. The van der Waals surface area contributed by atoms with Crippen molar-refractivity contribution in [2.45, 2.75) is 0 Å². The maximum atomic E-state index is 10.6. The Labute approximate surface area is 515 Å². The second-order valence-electron chi connectivity index (χ2n) is 16.8. The maximum Gasteiger partial charge on any atom is 2.00 e. The number of nitrogens with zero attached hydrogens (tertiary/aromatic N) is 14. The third-order valence-electron chi connectivity index (χ3n) is 12.0. The molecule has 23 nitrogen and oxygen atoms in total. The number of carbonyl (C=O) groups is 2. The largest absolute Gasteiger partial charge is 2.00 e. The van der Waals surface area contributed by atoms with Gasteiger partial charge in [0.2, 0.25) is 0 Å². The van der Waals surface area contributed by atoms with E-state index in [1.165, 1.54) is 34.1 Å². The summed E-state index contributed by atoms with van der Waals surface area (Å²) in [7, 11) is 0. The van der Waals surface area contributed by atoms with Gasteiger partial charge >= 0.3 is 34.1 Å². The third-order valence-corrected chi connectivity index (χ3v) is 12.0. The van der Waals surface area contributed by atoms with Crippen LogP contribution in [0.4, 0.5) is 0 Å². The molecule has 0 unspecified atom stereocenters. The van der Waals surface area contributed by atoms with E-state index in [-0.39, 0.29) is 72.6 Å². The van der Waals surface area contributed by atoms with Gasteiger partial charge < -0.3 is 69.3 Å². The second kappa shape index (κ2) is 37.3. The topological polar surface area (TPSA) is 458 Å². The molecular formula is C62H50Cu2N14O9.